The predicted octanol–water partition coefficient (Wildman–Crippen LogP) is 3.82. The van der Waals surface area contributed by atoms with Crippen LogP contribution in [0.2, 0.25) is 5.15 Å². The first-order valence-electron chi connectivity index (χ1n) is 7.60. The molecule has 0 N–H and O–H groups in total. The fourth-order valence-electron chi connectivity index (χ4n) is 2.18. The second kappa shape index (κ2) is 8.23. The van der Waals surface area contributed by atoms with E-state index in [1.54, 1.807) is 23.9 Å². The van der Waals surface area contributed by atoms with Crippen LogP contribution in [0.25, 0.3) is 6.08 Å². The van der Waals surface area contributed by atoms with Crippen LogP contribution in [0.3, 0.4) is 0 Å². The van der Waals surface area contributed by atoms with E-state index in [0.717, 1.165) is 37.1 Å². The molecule has 21 heavy (non-hydrogen) atoms. The van der Waals surface area contributed by atoms with Gasteiger partial charge in [-0.3, -0.25) is 9.48 Å². The SMILES string of the molecule is CCCCN(C(=O)C=Cc1c(C)nn(C)c1Cl)C(C)CC. The fourth-order valence-corrected chi connectivity index (χ4v) is 2.42. The van der Waals surface area contributed by atoms with Crippen LogP contribution in [-0.2, 0) is 11.8 Å². The summed E-state index contributed by atoms with van der Waals surface area (Å²) in [5, 5.41) is 4.80. The molecule has 0 aliphatic carbocycles. The van der Waals surface area contributed by atoms with E-state index in [-0.39, 0.29) is 11.9 Å². The number of hydrogen-bond donors (Lipinski definition) is 0. The lowest BCUT2D eigenvalue weighted by molar-refractivity contribution is -0.128. The second-order valence-corrected chi connectivity index (χ2v) is 5.75. The third-order valence-corrected chi connectivity index (χ3v) is 4.20. The summed E-state index contributed by atoms with van der Waals surface area (Å²) < 4.78 is 1.62. The van der Waals surface area contributed by atoms with Crippen molar-refractivity contribution >= 4 is 23.6 Å². The molecular formula is C16H26ClN3O. The van der Waals surface area contributed by atoms with Gasteiger partial charge in [0.1, 0.15) is 5.15 Å². The van der Waals surface area contributed by atoms with E-state index in [1.807, 2.05) is 11.8 Å². The number of aromatic nitrogens is 2. The molecule has 0 saturated carbocycles. The van der Waals surface area contributed by atoms with Crippen molar-refractivity contribution in [2.75, 3.05) is 6.54 Å². The van der Waals surface area contributed by atoms with E-state index < -0.39 is 0 Å². The van der Waals surface area contributed by atoms with Crippen LogP contribution in [0, 0.1) is 6.92 Å². The van der Waals surface area contributed by atoms with Gasteiger partial charge in [0.2, 0.25) is 5.91 Å². The van der Waals surface area contributed by atoms with E-state index in [9.17, 15) is 4.79 Å². The third kappa shape index (κ3) is 4.60. The Morgan fingerprint density at radius 2 is 2.14 bits per heavy atom. The number of nitrogens with zero attached hydrogens (tertiary/aromatic N) is 3. The van der Waals surface area contributed by atoms with Gasteiger partial charge < -0.3 is 4.90 Å². The van der Waals surface area contributed by atoms with Gasteiger partial charge in [-0.2, -0.15) is 5.10 Å². The quantitative estimate of drug-likeness (QED) is 0.718. The monoisotopic (exact) mass is 311 g/mol. The van der Waals surface area contributed by atoms with Gasteiger partial charge in [-0.05, 0) is 32.8 Å². The number of halogens is 1. The number of carbonyl (C=O) groups excluding carboxylic acids is 1. The molecule has 118 valence electrons. The van der Waals surface area contributed by atoms with Crippen molar-refractivity contribution in [2.24, 2.45) is 7.05 Å². The molecule has 1 aromatic rings. The van der Waals surface area contributed by atoms with Gasteiger partial charge in [0.25, 0.3) is 0 Å². The zero-order valence-corrected chi connectivity index (χ0v) is 14.4. The molecule has 0 aliphatic rings. The van der Waals surface area contributed by atoms with Crippen molar-refractivity contribution < 1.29 is 4.79 Å². The van der Waals surface area contributed by atoms with Crippen LogP contribution in [0.15, 0.2) is 6.08 Å². The Morgan fingerprint density at radius 3 is 2.62 bits per heavy atom. The summed E-state index contributed by atoms with van der Waals surface area (Å²) in [5.41, 5.74) is 1.64. The first-order chi connectivity index (χ1) is 9.92. The Kier molecular flexibility index (Phi) is 6.96. The standard InChI is InChI=1S/C16H26ClN3O/c1-6-8-11-20(12(3)7-2)15(21)10-9-14-13(4)18-19(5)16(14)17/h9-10,12H,6-8,11H2,1-5H3. The fraction of sp³-hybridized carbons (Fsp3) is 0.625. The first kappa shape index (κ1) is 17.8. The molecule has 0 spiro atoms. The minimum absolute atomic E-state index is 0.0390. The van der Waals surface area contributed by atoms with Gasteiger partial charge in [0.05, 0.1) is 5.69 Å². The van der Waals surface area contributed by atoms with Crippen LogP contribution >= 0.6 is 11.6 Å². The average molecular weight is 312 g/mol. The minimum Gasteiger partial charge on any atom is -0.336 e. The van der Waals surface area contributed by atoms with Gasteiger partial charge in [-0.15, -0.1) is 0 Å². The zero-order valence-electron chi connectivity index (χ0n) is 13.7. The van der Waals surface area contributed by atoms with Gasteiger partial charge in [0.15, 0.2) is 0 Å². The lowest BCUT2D eigenvalue weighted by Crippen LogP contribution is -2.37. The number of aryl methyl sites for hydroxylation is 2. The Labute approximate surface area is 132 Å². The van der Waals surface area contributed by atoms with Gasteiger partial charge in [0, 0.05) is 31.3 Å². The largest absolute Gasteiger partial charge is 0.336 e. The molecule has 1 aromatic heterocycles. The maximum absolute atomic E-state index is 12.4. The number of carbonyl (C=O) groups is 1. The summed E-state index contributed by atoms with van der Waals surface area (Å²) in [6, 6.07) is 0.249. The minimum atomic E-state index is 0.0390. The van der Waals surface area contributed by atoms with Crippen LogP contribution in [0.1, 0.15) is 51.3 Å². The highest BCUT2D eigenvalue weighted by atomic mass is 35.5. The normalized spacial score (nSPS) is 12.9. The Balaban J connectivity index is 2.87. The topological polar surface area (TPSA) is 38.1 Å². The smallest absolute Gasteiger partial charge is 0.246 e. The molecule has 0 bridgehead atoms. The zero-order chi connectivity index (χ0) is 16.0. The van der Waals surface area contributed by atoms with Gasteiger partial charge in [-0.1, -0.05) is 31.9 Å². The van der Waals surface area contributed by atoms with E-state index >= 15 is 0 Å². The first-order valence-corrected chi connectivity index (χ1v) is 7.97. The summed E-state index contributed by atoms with van der Waals surface area (Å²) in [7, 11) is 1.79. The number of hydrogen-bond acceptors (Lipinski definition) is 2. The maximum Gasteiger partial charge on any atom is 0.246 e. The van der Waals surface area contributed by atoms with E-state index in [2.05, 4.69) is 25.9 Å². The van der Waals surface area contributed by atoms with Gasteiger partial charge >= 0.3 is 0 Å². The summed E-state index contributed by atoms with van der Waals surface area (Å²) in [4.78, 5) is 14.4. The molecule has 0 radical (unpaired) electrons. The van der Waals surface area contributed by atoms with E-state index in [1.165, 1.54) is 0 Å². The highest BCUT2D eigenvalue weighted by Crippen LogP contribution is 2.20. The molecule has 4 nitrogen and oxygen atoms in total. The summed E-state index contributed by atoms with van der Waals surface area (Å²) in [5.74, 6) is 0.0390. The molecule has 5 heteroatoms. The molecule has 1 atom stereocenters. The Morgan fingerprint density at radius 1 is 1.48 bits per heavy atom. The van der Waals surface area contributed by atoms with Crippen molar-refractivity contribution in [1.82, 2.24) is 14.7 Å². The Hall–Kier alpha value is -1.29. The molecule has 0 aliphatic heterocycles. The van der Waals surface area contributed by atoms with Crippen molar-refractivity contribution in [1.29, 1.82) is 0 Å². The summed E-state index contributed by atoms with van der Waals surface area (Å²) in [6.07, 6.45) is 6.44. The molecular weight excluding hydrogens is 286 g/mol. The lowest BCUT2D eigenvalue weighted by atomic mass is 10.1. The molecule has 1 amide bonds. The van der Waals surface area contributed by atoms with E-state index in [0.29, 0.717) is 5.15 Å². The molecule has 0 saturated heterocycles. The predicted molar refractivity (Wildman–Crippen MR) is 88.4 cm³/mol. The number of amides is 1. The molecule has 1 rings (SSSR count). The van der Waals surface area contributed by atoms with Crippen LogP contribution in [0.4, 0.5) is 0 Å². The lowest BCUT2D eigenvalue weighted by Gasteiger charge is -2.27. The Bertz CT molecular complexity index is 508. The van der Waals surface area contributed by atoms with Crippen LogP contribution < -0.4 is 0 Å². The van der Waals surface area contributed by atoms with Crippen LogP contribution in [-0.4, -0.2) is 33.2 Å². The van der Waals surface area contributed by atoms with Crippen molar-refractivity contribution in [2.45, 2.75) is 53.0 Å². The number of unbranched alkanes of at least 4 members (excludes halogenated alkanes) is 1. The average Bonchev–Trinajstić information content (AvgIpc) is 2.70. The van der Waals surface area contributed by atoms with Crippen molar-refractivity contribution in [3.63, 3.8) is 0 Å². The highest BCUT2D eigenvalue weighted by Gasteiger charge is 2.16. The summed E-state index contributed by atoms with van der Waals surface area (Å²) in [6.45, 7) is 9.01. The highest BCUT2D eigenvalue weighted by molar-refractivity contribution is 6.31. The molecule has 0 aromatic carbocycles. The number of rotatable bonds is 7. The van der Waals surface area contributed by atoms with E-state index in [4.69, 9.17) is 11.6 Å². The maximum atomic E-state index is 12.4. The molecule has 1 unspecified atom stereocenters. The van der Waals surface area contributed by atoms with Gasteiger partial charge in [-0.25, -0.2) is 0 Å². The summed E-state index contributed by atoms with van der Waals surface area (Å²) >= 11 is 6.17. The third-order valence-electron chi connectivity index (χ3n) is 3.75. The van der Waals surface area contributed by atoms with Crippen molar-refractivity contribution in [3.8, 4) is 0 Å². The molecule has 1 heterocycles. The molecule has 0 fully saturated rings. The second-order valence-electron chi connectivity index (χ2n) is 5.39. The van der Waals surface area contributed by atoms with Crippen molar-refractivity contribution in [3.05, 3.63) is 22.5 Å². The van der Waals surface area contributed by atoms with Crippen LogP contribution in [0.5, 0.6) is 0 Å².